The minimum atomic E-state index is -0.607. The Morgan fingerprint density at radius 1 is 0.793 bits per heavy atom. The molecule has 3 rings (SSSR count). The number of carbonyl (C=O) groups excluding carboxylic acids is 3. The Hall–Kier alpha value is -3.93. The molecule has 0 aliphatic carbocycles. The first-order chi connectivity index (χ1) is 14.1. The Balaban J connectivity index is 1.56. The molecule has 0 aromatic heterocycles. The maximum absolute atomic E-state index is 12.3. The van der Waals surface area contributed by atoms with Crippen LogP contribution in [-0.2, 0) is 4.74 Å². The number of ether oxygens (including phenoxy) is 2. The van der Waals surface area contributed by atoms with Gasteiger partial charge in [0.05, 0.1) is 12.7 Å². The fourth-order valence-corrected chi connectivity index (χ4v) is 2.58. The van der Waals surface area contributed by atoms with Gasteiger partial charge < -0.3 is 14.8 Å². The van der Waals surface area contributed by atoms with Crippen molar-refractivity contribution in [2.24, 2.45) is 0 Å². The van der Waals surface area contributed by atoms with Crippen molar-refractivity contribution in [3.05, 3.63) is 95.6 Å². The summed E-state index contributed by atoms with van der Waals surface area (Å²) < 4.78 is 10.1. The Morgan fingerprint density at radius 3 is 2.17 bits per heavy atom. The summed E-state index contributed by atoms with van der Waals surface area (Å²) in [5, 5.41) is 2.76. The molecule has 6 nitrogen and oxygen atoms in total. The maximum Gasteiger partial charge on any atom is 0.338 e. The molecule has 0 aliphatic rings. The second kappa shape index (κ2) is 9.32. The van der Waals surface area contributed by atoms with Crippen LogP contribution in [0.4, 0.5) is 5.69 Å². The normalized spacial score (nSPS) is 10.1. The molecule has 1 N–H and O–H groups in total. The van der Waals surface area contributed by atoms with Gasteiger partial charge in [-0.1, -0.05) is 24.3 Å². The van der Waals surface area contributed by atoms with Crippen molar-refractivity contribution in [3.63, 3.8) is 0 Å². The molecule has 3 aromatic carbocycles. The second-order valence-corrected chi connectivity index (χ2v) is 6.13. The molecule has 1 amide bonds. The zero-order chi connectivity index (χ0) is 20.6. The van der Waals surface area contributed by atoms with Gasteiger partial charge in [0.2, 0.25) is 0 Å². The molecule has 0 fully saturated rings. The van der Waals surface area contributed by atoms with Gasteiger partial charge in [-0.15, -0.1) is 0 Å². The molecule has 0 bridgehead atoms. The van der Waals surface area contributed by atoms with Gasteiger partial charge in [-0.2, -0.15) is 0 Å². The number of hydrogen-bond donors (Lipinski definition) is 1. The SMILES string of the molecule is COc1cccc(C(=O)OCC(=O)c2ccc(NC(=O)c3ccccc3)cc2)c1. The standard InChI is InChI=1S/C23H19NO5/c1-28-20-9-5-8-18(14-20)23(27)29-15-21(25)16-10-12-19(13-11-16)24-22(26)17-6-3-2-4-7-17/h2-14H,15H2,1H3,(H,24,26). The highest BCUT2D eigenvalue weighted by atomic mass is 16.5. The summed E-state index contributed by atoms with van der Waals surface area (Å²) in [4.78, 5) is 36.5. The quantitative estimate of drug-likeness (QED) is 0.488. The lowest BCUT2D eigenvalue weighted by atomic mass is 10.1. The van der Waals surface area contributed by atoms with Crippen molar-refractivity contribution in [3.8, 4) is 5.75 Å². The molecule has 0 spiro atoms. The number of ketones is 1. The Morgan fingerprint density at radius 2 is 1.48 bits per heavy atom. The number of methoxy groups -OCH3 is 1. The van der Waals surface area contributed by atoms with E-state index in [1.165, 1.54) is 13.2 Å². The minimum absolute atomic E-state index is 0.239. The summed E-state index contributed by atoms with van der Waals surface area (Å²) >= 11 is 0. The largest absolute Gasteiger partial charge is 0.497 e. The van der Waals surface area contributed by atoms with E-state index >= 15 is 0 Å². The number of amides is 1. The monoisotopic (exact) mass is 389 g/mol. The van der Waals surface area contributed by atoms with E-state index in [0.29, 0.717) is 28.1 Å². The van der Waals surface area contributed by atoms with Gasteiger partial charge in [-0.3, -0.25) is 9.59 Å². The van der Waals surface area contributed by atoms with E-state index in [1.54, 1.807) is 66.7 Å². The van der Waals surface area contributed by atoms with E-state index in [-0.39, 0.29) is 18.3 Å². The number of Topliss-reactive ketones (excluding diaryl/α,β-unsaturated/α-hetero) is 1. The van der Waals surface area contributed by atoms with Crippen molar-refractivity contribution < 1.29 is 23.9 Å². The van der Waals surface area contributed by atoms with E-state index in [0.717, 1.165) is 0 Å². The van der Waals surface area contributed by atoms with Gasteiger partial charge in [0.1, 0.15) is 5.75 Å². The number of anilines is 1. The van der Waals surface area contributed by atoms with Gasteiger partial charge in [0.15, 0.2) is 12.4 Å². The topological polar surface area (TPSA) is 81.7 Å². The molecular weight excluding hydrogens is 370 g/mol. The number of esters is 1. The van der Waals surface area contributed by atoms with Crippen LogP contribution in [0, 0.1) is 0 Å². The third-order valence-corrected chi connectivity index (χ3v) is 4.14. The molecule has 0 radical (unpaired) electrons. The molecule has 6 heteroatoms. The number of carbonyl (C=O) groups is 3. The second-order valence-electron chi connectivity index (χ2n) is 6.13. The highest BCUT2D eigenvalue weighted by Crippen LogP contribution is 2.15. The van der Waals surface area contributed by atoms with Gasteiger partial charge >= 0.3 is 5.97 Å². The van der Waals surface area contributed by atoms with Crippen LogP contribution in [-0.4, -0.2) is 31.4 Å². The lowest BCUT2D eigenvalue weighted by molar-refractivity contribution is 0.0474. The van der Waals surface area contributed by atoms with Crippen molar-refractivity contribution >= 4 is 23.3 Å². The highest BCUT2D eigenvalue weighted by molar-refractivity contribution is 6.05. The van der Waals surface area contributed by atoms with Crippen LogP contribution in [0.2, 0.25) is 0 Å². The van der Waals surface area contributed by atoms with Crippen LogP contribution >= 0.6 is 0 Å². The van der Waals surface area contributed by atoms with Gasteiger partial charge in [0.25, 0.3) is 5.91 Å². The van der Waals surface area contributed by atoms with Gasteiger partial charge in [0, 0.05) is 16.8 Å². The van der Waals surface area contributed by atoms with Crippen LogP contribution in [0.15, 0.2) is 78.9 Å². The summed E-state index contributed by atoms with van der Waals surface area (Å²) in [6.07, 6.45) is 0. The lowest BCUT2D eigenvalue weighted by Crippen LogP contribution is -2.15. The van der Waals surface area contributed by atoms with Crippen molar-refractivity contribution in [2.75, 3.05) is 19.0 Å². The molecule has 0 saturated heterocycles. The van der Waals surface area contributed by atoms with Crippen LogP contribution < -0.4 is 10.1 Å². The van der Waals surface area contributed by atoms with E-state index in [2.05, 4.69) is 5.32 Å². The lowest BCUT2D eigenvalue weighted by Gasteiger charge is -2.08. The average molecular weight is 389 g/mol. The van der Waals surface area contributed by atoms with Crippen LogP contribution in [0.3, 0.4) is 0 Å². The zero-order valence-electron chi connectivity index (χ0n) is 15.8. The predicted molar refractivity (Wildman–Crippen MR) is 108 cm³/mol. The summed E-state index contributed by atoms with van der Waals surface area (Å²) in [5.41, 5.74) is 1.78. The molecule has 0 heterocycles. The Kier molecular flexibility index (Phi) is 6.37. The number of nitrogens with one attached hydrogen (secondary N) is 1. The summed E-state index contributed by atoms with van der Waals surface area (Å²) in [6.45, 7) is -0.383. The zero-order valence-corrected chi connectivity index (χ0v) is 15.8. The minimum Gasteiger partial charge on any atom is -0.497 e. The third kappa shape index (κ3) is 5.29. The number of rotatable bonds is 7. The molecule has 3 aromatic rings. The summed E-state index contributed by atoms with van der Waals surface area (Å²) in [6, 6.07) is 21.7. The average Bonchev–Trinajstić information content (AvgIpc) is 2.78. The number of hydrogen-bond acceptors (Lipinski definition) is 5. The fraction of sp³-hybridized carbons (Fsp3) is 0.0870. The molecular formula is C23H19NO5. The fourth-order valence-electron chi connectivity index (χ4n) is 2.58. The third-order valence-electron chi connectivity index (χ3n) is 4.14. The van der Waals surface area contributed by atoms with Crippen molar-refractivity contribution in [2.45, 2.75) is 0 Å². The summed E-state index contributed by atoms with van der Waals surface area (Å²) in [7, 11) is 1.50. The molecule has 0 aliphatic heterocycles. The van der Waals surface area contributed by atoms with E-state index in [1.807, 2.05) is 6.07 Å². The molecule has 0 saturated carbocycles. The van der Waals surface area contributed by atoms with Crippen LogP contribution in [0.5, 0.6) is 5.75 Å². The van der Waals surface area contributed by atoms with E-state index < -0.39 is 5.97 Å². The molecule has 29 heavy (non-hydrogen) atoms. The molecule has 0 atom stereocenters. The van der Waals surface area contributed by atoms with Crippen molar-refractivity contribution in [1.82, 2.24) is 0 Å². The van der Waals surface area contributed by atoms with E-state index in [9.17, 15) is 14.4 Å². The Labute approximate surface area is 168 Å². The smallest absolute Gasteiger partial charge is 0.338 e. The highest BCUT2D eigenvalue weighted by Gasteiger charge is 2.13. The van der Waals surface area contributed by atoms with Gasteiger partial charge in [-0.05, 0) is 54.6 Å². The van der Waals surface area contributed by atoms with Crippen LogP contribution in [0.25, 0.3) is 0 Å². The van der Waals surface area contributed by atoms with Gasteiger partial charge in [-0.25, -0.2) is 4.79 Å². The Bertz CT molecular complexity index is 1010. The van der Waals surface area contributed by atoms with Crippen LogP contribution in [0.1, 0.15) is 31.1 Å². The molecule has 0 unspecified atom stereocenters. The first-order valence-electron chi connectivity index (χ1n) is 8.87. The summed E-state index contributed by atoms with van der Waals surface area (Å²) in [5.74, 6) is -0.665. The first-order valence-corrected chi connectivity index (χ1v) is 8.87. The van der Waals surface area contributed by atoms with Crippen molar-refractivity contribution in [1.29, 1.82) is 0 Å². The molecule has 146 valence electrons. The first kappa shape index (κ1) is 19.8. The number of benzene rings is 3. The maximum atomic E-state index is 12.3. The van der Waals surface area contributed by atoms with E-state index in [4.69, 9.17) is 9.47 Å². The predicted octanol–water partition coefficient (Wildman–Crippen LogP) is 3.99.